The first kappa shape index (κ1) is 12.4. The van der Waals surface area contributed by atoms with E-state index in [0.29, 0.717) is 10.2 Å². The molecule has 0 aliphatic carbocycles. The Morgan fingerprint density at radius 1 is 1.53 bits per heavy atom. The Morgan fingerprint density at radius 3 is 2.73 bits per heavy atom. The van der Waals surface area contributed by atoms with Crippen molar-refractivity contribution in [1.29, 1.82) is 0 Å². The van der Waals surface area contributed by atoms with Gasteiger partial charge in [-0.2, -0.15) is 0 Å². The van der Waals surface area contributed by atoms with Gasteiger partial charge < -0.3 is 14.9 Å². The SMILES string of the molecule is C[C@@](O)(CO)COc1ccc(Br)c(F)c1. The molecule has 1 rings (SSSR count). The Kier molecular flexibility index (Phi) is 4.07. The molecule has 0 saturated heterocycles. The van der Waals surface area contributed by atoms with Gasteiger partial charge in [0.2, 0.25) is 0 Å². The van der Waals surface area contributed by atoms with Crippen LogP contribution < -0.4 is 4.74 Å². The first-order valence-corrected chi connectivity index (χ1v) is 5.15. The van der Waals surface area contributed by atoms with Crippen LogP contribution in [-0.2, 0) is 0 Å². The summed E-state index contributed by atoms with van der Waals surface area (Å²) in [4.78, 5) is 0. The largest absolute Gasteiger partial charge is 0.490 e. The molecule has 0 unspecified atom stereocenters. The normalized spacial score (nSPS) is 14.7. The lowest BCUT2D eigenvalue weighted by Gasteiger charge is -2.20. The number of halogens is 2. The van der Waals surface area contributed by atoms with Gasteiger partial charge in [0.1, 0.15) is 23.8 Å². The molecule has 0 saturated carbocycles. The Bertz CT molecular complexity index is 341. The summed E-state index contributed by atoms with van der Waals surface area (Å²) in [6.07, 6.45) is 0. The van der Waals surface area contributed by atoms with E-state index in [1.165, 1.54) is 19.1 Å². The number of ether oxygens (including phenoxy) is 1. The van der Waals surface area contributed by atoms with Gasteiger partial charge in [-0.15, -0.1) is 0 Å². The summed E-state index contributed by atoms with van der Waals surface area (Å²) < 4.78 is 18.5. The molecule has 0 aliphatic rings. The van der Waals surface area contributed by atoms with Gasteiger partial charge in [-0.05, 0) is 35.0 Å². The van der Waals surface area contributed by atoms with Crippen LogP contribution in [-0.4, -0.2) is 29.0 Å². The van der Waals surface area contributed by atoms with Crippen LogP contribution in [0.4, 0.5) is 4.39 Å². The van der Waals surface area contributed by atoms with Crippen LogP contribution in [0.2, 0.25) is 0 Å². The zero-order valence-electron chi connectivity index (χ0n) is 8.20. The fraction of sp³-hybridized carbons (Fsp3) is 0.400. The second-order valence-electron chi connectivity index (χ2n) is 3.52. The Morgan fingerprint density at radius 2 is 2.20 bits per heavy atom. The molecule has 3 nitrogen and oxygen atoms in total. The van der Waals surface area contributed by atoms with E-state index in [1.54, 1.807) is 6.07 Å². The minimum atomic E-state index is -1.32. The minimum Gasteiger partial charge on any atom is -0.490 e. The monoisotopic (exact) mass is 278 g/mol. The van der Waals surface area contributed by atoms with Crippen LogP contribution in [0.15, 0.2) is 22.7 Å². The van der Waals surface area contributed by atoms with Gasteiger partial charge in [0.15, 0.2) is 0 Å². The maximum atomic E-state index is 13.0. The van der Waals surface area contributed by atoms with E-state index in [4.69, 9.17) is 9.84 Å². The van der Waals surface area contributed by atoms with Crippen molar-refractivity contribution in [3.05, 3.63) is 28.5 Å². The molecule has 0 aromatic heterocycles. The summed E-state index contributed by atoms with van der Waals surface area (Å²) in [7, 11) is 0. The van der Waals surface area contributed by atoms with Gasteiger partial charge in [-0.25, -0.2) is 4.39 Å². The lowest BCUT2D eigenvalue weighted by Crippen LogP contribution is -2.36. The van der Waals surface area contributed by atoms with Crippen LogP contribution in [0, 0.1) is 5.82 Å². The predicted octanol–water partition coefficient (Wildman–Crippen LogP) is 1.71. The highest BCUT2D eigenvalue weighted by Gasteiger charge is 2.20. The van der Waals surface area contributed by atoms with E-state index in [-0.39, 0.29) is 6.61 Å². The molecule has 0 spiro atoms. The number of hydrogen-bond donors (Lipinski definition) is 2. The highest BCUT2D eigenvalue weighted by atomic mass is 79.9. The quantitative estimate of drug-likeness (QED) is 0.882. The molecule has 1 aromatic carbocycles. The second-order valence-corrected chi connectivity index (χ2v) is 4.37. The van der Waals surface area contributed by atoms with Gasteiger partial charge >= 0.3 is 0 Å². The van der Waals surface area contributed by atoms with Gasteiger partial charge in [-0.3, -0.25) is 0 Å². The second kappa shape index (κ2) is 4.92. The first-order chi connectivity index (χ1) is 6.94. The fourth-order valence-electron chi connectivity index (χ4n) is 0.851. The average Bonchev–Trinajstić information content (AvgIpc) is 2.20. The molecular weight excluding hydrogens is 267 g/mol. The van der Waals surface area contributed by atoms with Crippen molar-refractivity contribution in [2.75, 3.05) is 13.2 Å². The molecule has 0 fully saturated rings. The third kappa shape index (κ3) is 3.77. The van der Waals surface area contributed by atoms with Crippen LogP contribution in [0.3, 0.4) is 0 Å². The Balaban J connectivity index is 2.62. The number of hydrogen-bond acceptors (Lipinski definition) is 3. The standard InChI is InChI=1S/C10H12BrFO3/c1-10(14,5-13)6-15-7-2-3-8(11)9(12)4-7/h2-4,13-14H,5-6H2,1H3/t10-/m1/s1. The molecule has 1 atom stereocenters. The summed E-state index contributed by atoms with van der Waals surface area (Å²) in [5.74, 6) is -0.124. The zero-order valence-corrected chi connectivity index (χ0v) is 9.79. The smallest absolute Gasteiger partial charge is 0.141 e. The molecule has 0 amide bonds. The molecule has 0 heterocycles. The van der Waals surface area contributed by atoms with Gasteiger partial charge in [0.05, 0.1) is 11.1 Å². The van der Waals surface area contributed by atoms with Gasteiger partial charge in [-0.1, -0.05) is 0 Å². The van der Waals surface area contributed by atoms with E-state index >= 15 is 0 Å². The van der Waals surface area contributed by atoms with Crippen molar-refractivity contribution in [2.45, 2.75) is 12.5 Å². The highest BCUT2D eigenvalue weighted by molar-refractivity contribution is 9.10. The number of aliphatic hydroxyl groups is 2. The molecule has 0 aliphatic heterocycles. The summed E-state index contributed by atoms with van der Waals surface area (Å²) in [6.45, 7) is 0.929. The van der Waals surface area contributed by atoms with E-state index in [0.717, 1.165) is 0 Å². The summed E-state index contributed by atoms with van der Waals surface area (Å²) in [5, 5.41) is 18.2. The number of aliphatic hydroxyl groups excluding tert-OH is 1. The van der Waals surface area contributed by atoms with Crippen molar-refractivity contribution in [3.63, 3.8) is 0 Å². The zero-order chi connectivity index (χ0) is 11.5. The highest BCUT2D eigenvalue weighted by Crippen LogP contribution is 2.21. The lowest BCUT2D eigenvalue weighted by molar-refractivity contribution is -0.0325. The molecule has 84 valence electrons. The van der Waals surface area contributed by atoms with Crippen molar-refractivity contribution >= 4 is 15.9 Å². The van der Waals surface area contributed by atoms with E-state index in [1.807, 2.05) is 0 Å². The lowest BCUT2D eigenvalue weighted by atomic mass is 10.1. The average molecular weight is 279 g/mol. The maximum Gasteiger partial charge on any atom is 0.141 e. The maximum absolute atomic E-state index is 13.0. The van der Waals surface area contributed by atoms with E-state index < -0.39 is 18.0 Å². The summed E-state index contributed by atoms with van der Waals surface area (Å²) in [5.41, 5.74) is -1.32. The molecular formula is C10H12BrFO3. The Labute approximate surface area is 95.6 Å². The molecule has 0 bridgehead atoms. The minimum absolute atomic E-state index is 0.0927. The summed E-state index contributed by atoms with van der Waals surface area (Å²) >= 11 is 3.01. The van der Waals surface area contributed by atoms with Gasteiger partial charge in [0, 0.05) is 6.07 Å². The third-order valence-corrected chi connectivity index (χ3v) is 2.42. The number of rotatable bonds is 4. The fourth-order valence-corrected chi connectivity index (χ4v) is 1.10. The molecule has 1 aromatic rings. The first-order valence-electron chi connectivity index (χ1n) is 4.36. The molecule has 15 heavy (non-hydrogen) atoms. The van der Waals surface area contributed by atoms with Crippen LogP contribution in [0.5, 0.6) is 5.75 Å². The predicted molar refractivity (Wildman–Crippen MR) is 57.3 cm³/mol. The third-order valence-electron chi connectivity index (χ3n) is 1.78. The van der Waals surface area contributed by atoms with Crippen molar-refractivity contribution < 1.29 is 19.3 Å². The van der Waals surface area contributed by atoms with Crippen molar-refractivity contribution in [3.8, 4) is 5.75 Å². The summed E-state index contributed by atoms with van der Waals surface area (Å²) in [6, 6.07) is 4.29. The van der Waals surface area contributed by atoms with Crippen molar-refractivity contribution in [2.24, 2.45) is 0 Å². The Hall–Kier alpha value is -0.650. The van der Waals surface area contributed by atoms with Gasteiger partial charge in [0.25, 0.3) is 0 Å². The van der Waals surface area contributed by atoms with E-state index in [9.17, 15) is 9.50 Å². The molecule has 5 heteroatoms. The number of benzene rings is 1. The van der Waals surface area contributed by atoms with Crippen molar-refractivity contribution in [1.82, 2.24) is 0 Å². The topological polar surface area (TPSA) is 49.7 Å². The van der Waals surface area contributed by atoms with Crippen LogP contribution in [0.1, 0.15) is 6.92 Å². The van der Waals surface area contributed by atoms with Crippen LogP contribution >= 0.6 is 15.9 Å². The molecule has 2 N–H and O–H groups in total. The van der Waals surface area contributed by atoms with E-state index in [2.05, 4.69) is 15.9 Å². The molecule has 0 radical (unpaired) electrons. The van der Waals surface area contributed by atoms with Crippen LogP contribution in [0.25, 0.3) is 0 Å².